The van der Waals surface area contributed by atoms with Crippen molar-refractivity contribution >= 4 is 40.2 Å². The van der Waals surface area contributed by atoms with E-state index in [9.17, 15) is 9.59 Å². The number of benzene rings is 2. The quantitative estimate of drug-likeness (QED) is 0.457. The topological polar surface area (TPSA) is 46.6 Å². The fourth-order valence-electron chi connectivity index (χ4n) is 2.72. The van der Waals surface area contributed by atoms with E-state index in [1.54, 1.807) is 6.07 Å². The predicted molar refractivity (Wildman–Crippen MR) is 92.3 cm³/mol. The van der Waals surface area contributed by atoms with Crippen LogP contribution in [0.5, 0.6) is 0 Å². The van der Waals surface area contributed by atoms with E-state index in [2.05, 4.69) is 40.8 Å². The van der Waals surface area contributed by atoms with Crippen LogP contribution in [0.25, 0.3) is 11.1 Å². The molecule has 0 radical (unpaired) electrons. The third kappa shape index (κ3) is 2.72. The number of hydrogen-bond donors (Lipinski definition) is 0. The molecule has 0 aliphatic heterocycles. The Morgan fingerprint density at radius 1 is 1.05 bits per heavy atom. The Kier molecular flexibility index (Phi) is 3.90. The van der Waals surface area contributed by atoms with Gasteiger partial charge in [-0.1, -0.05) is 12.1 Å². The highest BCUT2D eigenvalue weighted by molar-refractivity contribution is 14.1. The minimum Gasteiger partial charge on any atom is -0.334 e. The number of anilines is 1. The minimum absolute atomic E-state index is 0.333. The zero-order valence-corrected chi connectivity index (χ0v) is 14.4. The predicted octanol–water partition coefficient (Wildman–Crippen LogP) is 3.69. The summed E-state index contributed by atoms with van der Waals surface area (Å²) in [5.41, 5.74) is 5.38. The molecule has 1 aliphatic carbocycles. The molecule has 0 saturated carbocycles. The van der Waals surface area contributed by atoms with Crippen molar-refractivity contribution in [3.8, 4) is 11.1 Å². The van der Waals surface area contributed by atoms with Crippen LogP contribution in [0, 0.1) is 3.57 Å². The van der Waals surface area contributed by atoms with Gasteiger partial charge in [-0.25, -0.2) is 4.79 Å². The second-order valence-corrected chi connectivity index (χ2v) is 6.46. The number of amides is 1. The Morgan fingerprint density at radius 3 is 2.32 bits per heavy atom. The second-order valence-electron chi connectivity index (χ2n) is 5.22. The van der Waals surface area contributed by atoms with Crippen LogP contribution in [0.1, 0.15) is 25.0 Å². The summed E-state index contributed by atoms with van der Waals surface area (Å²) in [6.45, 7) is 2.65. The molecular weight excluding hydrogens is 393 g/mol. The maximum atomic E-state index is 11.7. The van der Waals surface area contributed by atoms with Gasteiger partial charge in [-0.05, 0) is 75.5 Å². The van der Waals surface area contributed by atoms with Gasteiger partial charge in [0.2, 0.25) is 0 Å². The zero-order valence-electron chi connectivity index (χ0n) is 12.2. The lowest BCUT2D eigenvalue weighted by Crippen LogP contribution is -2.30. The van der Waals surface area contributed by atoms with Crippen molar-refractivity contribution < 1.29 is 14.4 Å². The van der Waals surface area contributed by atoms with Crippen molar-refractivity contribution in [2.75, 3.05) is 5.06 Å². The lowest BCUT2D eigenvalue weighted by atomic mass is 10.1. The van der Waals surface area contributed by atoms with Crippen LogP contribution in [0.15, 0.2) is 36.4 Å². The molecule has 0 unspecified atom stereocenters. The number of carbonyl (C=O) groups excluding carboxylic acids is 2. The van der Waals surface area contributed by atoms with Crippen LogP contribution in [-0.4, -0.2) is 11.9 Å². The van der Waals surface area contributed by atoms with Crippen molar-refractivity contribution in [1.82, 2.24) is 0 Å². The standard InChI is InChI=1S/C17H14INO3/c1-10(20)19(22-11(2)21)15-4-6-17-13(9-15)7-12-8-14(18)3-5-16(12)17/h3-6,8-9H,7H2,1-2H3. The van der Waals surface area contributed by atoms with Crippen molar-refractivity contribution in [1.29, 1.82) is 0 Å². The molecule has 0 spiro atoms. The summed E-state index contributed by atoms with van der Waals surface area (Å²) < 4.78 is 1.20. The van der Waals surface area contributed by atoms with E-state index in [1.807, 2.05) is 12.1 Å². The van der Waals surface area contributed by atoms with Crippen LogP contribution in [0.3, 0.4) is 0 Å². The first kappa shape index (κ1) is 15.0. The molecule has 0 bridgehead atoms. The minimum atomic E-state index is -0.520. The number of carbonyl (C=O) groups is 2. The van der Waals surface area contributed by atoms with Crippen LogP contribution < -0.4 is 5.06 Å². The first-order valence-electron chi connectivity index (χ1n) is 6.86. The van der Waals surface area contributed by atoms with Crippen LogP contribution in [0.2, 0.25) is 0 Å². The molecule has 0 aromatic heterocycles. The summed E-state index contributed by atoms with van der Waals surface area (Å²) in [6.07, 6.45) is 0.821. The van der Waals surface area contributed by atoms with Crippen molar-refractivity contribution in [2.24, 2.45) is 0 Å². The molecule has 2 aromatic carbocycles. The Bertz CT molecular complexity index is 785. The van der Waals surface area contributed by atoms with Gasteiger partial charge in [0, 0.05) is 17.4 Å². The van der Waals surface area contributed by atoms with Gasteiger partial charge in [0.25, 0.3) is 5.91 Å². The zero-order chi connectivity index (χ0) is 15.9. The third-order valence-electron chi connectivity index (χ3n) is 3.57. The highest BCUT2D eigenvalue weighted by Crippen LogP contribution is 2.39. The molecule has 2 aromatic rings. The molecule has 0 saturated heterocycles. The summed E-state index contributed by atoms with van der Waals surface area (Å²) in [7, 11) is 0. The van der Waals surface area contributed by atoms with Gasteiger partial charge in [-0.2, -0.15) is 0 Å². The molecule has 0 fully saturated rings. The Hall–Kier alpha value is -1.89. The third-order valence-corrected chi connectivity index (χ3v) is 4.24. The fraction of sp³-hybridized carbons (Fsp3) is 0.176. The normalized spacial score (nSPS) is 11.6. The molecule has 5 heteroatoms. The van der Waals surface area contributed by atoms with E-state index in [0.29, 0.717) is 5.69 Å². The Balaban J connectivity index is 2.00. The maximum Gasteiger partial charge on any atom is 0.330 e. The molecule has 0 N–H and O–H groups in total. The van der Waals surface area contributed by atoms with Crippen LogP contribution in [0.4, 0.5) is 5.69 Å². The van der Waals surface area contributed by atoms with Gasteiger partial charge in [-0.15, -0.1) is 5.06 Å². The SMILES string of the molecule is CC(=O)ON(C(C)=O)c1ccc2c(c1)Cc1cc(I)ccc1-2. The molecule has 1 aliphatic rings. The number of hydroxylamine groups is 1. The van der Waals surface area contributed by atoms with Gasteiger partial charge in [0.05, 0.1) is 5.69 Å². The van der Waals surface area contributed by atoms with Crippen molar-refractivity contribution in [3.63, 3.8) is 0 Å². The van der Waals surface area contributed by atoms with Crippen molar-refractivity contribution in [2.45, 2.75) is 20.3 Å². The van der Waals surface area contributed by atoms with E-state index in [4.69, 9.17) is 4.84 Å². The molecule has 112 valence electrons. The fourth-order valence-corrected chi connectivity index (χ4v) is 3.27. The first-order chi connectivity index (χ1) is 10.5. The van der Waals surface area contributed by atoms with E-state index >= 15 is 0 Å². The number of hydrogen-bond acceptors (Lipinski definition) is 3. The molecule has 0 heterocycles. The highest BCUT2D eigenvalue weighted by atomic mass is 127. The van der Waals surface area contributed by atoms with Gasteiger partial charge in [-0.3, -0.25) is 4.79 Å². The number of fused-ring (bicyclic) bond motifs is 3. The van der Waals surface area contributed by atoms with Crippen LogP contribution in [-0.2, 0) is 20.8 Å². The lowest BCUT2D eigenvalue weighted by molar-refractivity contribution is -0.147. The van der Waals surface area contributed by atoms with E-state index in [0.717, 1.165) is 17.0 Å². The first-order valence-corrected chi connectivity index (χ1v) is 7.94. The van der Waals surface area contributed by atoms with Gasteiger partial charge in [0.1, 0.15) is 0 Å². The Labute approximate surface area is 142 Å². The molecule has 0 atom stereocenters. The largest absolute Gasteiger partial charge is 0.334 e. The Morgan fingerprint density at radius 2 is 1.68 bits per heavy atom. The van der Waals surface area contributed by atoms with Gasteiger partial charge < -0.3 is 4.84 Å². The average Bonchev–Trinajstić information content (AvgIpc) is 2.80. The van der Waals surface area contributed by atoms with Crippen LogP contribution >= 0.6 is 22.6 Å². The molecular formula is C17H14INO3. The van der Waals surface area contributed by atoms with Gasteiger partial charge >= 0.3 is 5.97 Å². The number of halogens is 1. The molecule has 22 heavy (non-hydrogen) atoms. The summed E-state index contributed by atoms with van der Waals surface area (Å²) in [6, 6.07) is 12.1. The van der Waals surface area contributed by atoms with E-state index in [1.165, 1.54) is 34.1 Å². The molecule has 1 amide bonds. The van der Waals surface area contributed by atoms with Crippen molar-refractivity contribution in [3.05, 3.63) is 51.1 Å². The molecule has 4 nitrogen and oxygen atoms in total. The average molecular weight is 407 g/mol. The number of rotatable bonds is 1. The summed E-state index contributed by atoms with van der Waals surface area (Å²) in [4.78, 5) is 27.9. The number of nitrogens with zero attached hydrogens (tertiary/aromatic N) is 1. The molecule has 3 rings (SSSR count). The highest BCUT2D eigenvalue weighted by Gasteiger charge is 2.22. The lowest BCUT2D eigenvalue weighted by Gasteiger charge is -2.19. The van der Waals surface area contributed by atoms with E-state index < -0.39 is 5.97 Å². The van der Waals surface area contributed by atoms with Gasteiger partial charge in [0.15, 0.2) is 0 Å². The second kappa shape index (κ2) is 5.72. The summed E-state index contributed by atoms with van der Waals surface area (Å²) >= 11 is 2.30. The monoisotopic (exact) mass is 407 g/mol. The smallest absolute Gasteiger partial charge is 0.330 e. The maximum absolute atomic E-state index is 11.7. The summed E-state index contributed by atoms with van der Waals surface area (Å²) in [5.74, 6) is -0.853. The summed E-state index contributed by atoms with van der Waals surface area (Å²) in [5, 5.41) is 1.04. The van der Waals surface area contributed by atoms with E-state index in [-0.39, 0.29) is 5.91 Å².